The Balaban J connectivity index is 0.00000128. The number of carbonyl (C=O) groups excluding carboxylic acids is 1. The van der Waals surface area contributed by atoms with Crippen molar-refractivity contribution in [2.24, 2.45) is 0 Å². The quantitative estimate of drug-likeness (QED) is 0.796. The van der Waals surface area contributed by atoms with Crippen LogP contribution >= 0.6 is 12.4 Å². The van der Waals surface area contributed by atoms with Gasteiger partial charge in [-0.3, -0.25) is 9.78 Å². The Morgan fingerprint density at radius 2 is 2.38 bits per heavy atom. The zero-order valence-corrected chi connectivity index (χ0v) is 10.0. The van der Waals surface area contributed by atoms with Gasteiger partial charge in [-0.1, -0.05) is 6.07 Å². The Kier molecular flexibility index (Phi) is 4.71. The zero-order valence-electron chi connectivity index (χ0n) is 9.22. The van der Waals surface area contributed by atoms with Crippen molar-refractivity contribution >= 4 is 18.3 Å². The van der Waals surface area contributed by atoms with Crippen LogP contribution in [-0.2, 0) is 0 Å². The maximum absolute atomic E-state index is 12.0. The number of hydrogen-bond acceptors (Lipinski definition) is 3. The summed E-state index contributed by atoms with van der Waals surface area (Å²) in [7, 11) is 0. The van der Waals surface area contributed by atoms with Gasteiger partial charge < -0.3 is 10.2 Å². The molecule has 1 aliphatic heterocycles. The highest BCUT2D eigenvalue weighted by atomic mass is 35.5. The lowest BCUT2D eigenvalue weighted by Gasteiger charge is -2.33. The van der Waals surface area contributed by atoms with Gasteiger partial charge in [0, 0.05) is 31.9 Å². The summed E-state index contributed by atoms with van der Waals surface area (Å²) in [6.45, 7) is 4.53. The molecule has 1 aromatic heterocycles. The van der Waals surface area contributed by atoms with Crippen molar-refractivity contribution in [2.75, 3.05) is 19.6 Å². The Labute approximate surface area is 101 Å². The molecule has 2 heterocycles. The van der Waals surface area contributed by atoms with E-state index in [2.05, 4.69) is 10.3 Å². The fraction of sp³-hybridized carbons (Fsp3) is 0.455. The van der Waals surface area contributed by atoms with Crippen LogP contribution in [0.4, 0.5) is 0 Å². The molecule has 0 bridgehead atoms. The number of rotatable bonds is 1. The lowest BCUT2D eigenvalue weighted by molar-refractivity contribution is 0.0649. The summed E-state index contributed by atoms with van der Waals surface area (Å²) in [5, 5.41) is 3.26. The van der Waals surface area contributed by atoms with E-state index in [-0.39, 0.29) is 24.4 Å². The maximum Gasteiger partial charge on any atom is 0.272 e. The number of nitrogens with zero attached hydrogens (tertiary/aromatic N) is 2. The van der Waals surface area contributed by atoms with Crippen molar-refractivity contribution in [1.82, 2.24) is 15.2 Å². The number of nitrogens with one attached hydrogen (secondary N) is 1. The molecule has 88 valence electrons. The highest BCUT2D eigenvalue weighted by Gasteiger charge is 2.24. The lowest BCUT2D eigenvalue weighted by atomic mass is 10.2. The first kappa shape index (κ1) is 12.9. The van der Waals surface area contributed by atoms with Gasteiger partial charge in [0.2, 0.25) is 0 Å². The molecule has 1 aliphatic rings. The minimum absolute atomic E-state index is 0. The van der Waals surface area contributed by atoms with Crippen LogP contribution in [0.3, 0.4) is 0 Å². The smallest absolute Gasteiger partial charge is 0.272 e. The Hall–Kier alpha value is -1.13. The molecular formula is C11H16ClN3O. The monoisotopic (exact) mass is 241 g/mol. The van der Waals surface area contributed by atoms with E-state index in [1.54, 1.807) is 12.3 Å². The summed E-state index contributed by atoms with van der Waals surface area (Å²) in [4.78, 5) is 18.0. The summed E-state index contributed by atoms with van der Waals surface area (Å²) < 4.78 is 0. The third kappa shape index (κ3) is 2.71. The molecule has 0 aliphatic carbocycles. The average molecular weight is 242 g/mol. The summed E-state index contributed by atoms with van der Waals surface area (Å²) in [6, 6.07) is 5.66. The van der Waals surface area contributed by atoms with E-state index in [0.717, 1.165) is 19.6 Å². The molecule has 1 atom stereocenters. The molecule has 0 spiro atoms. The number of piperazine rings is 1. The van der Waals surface area contributed by atoms with Gasteiger partial charge >= 0.3 is 0 Å². The van der Waals surface area contributed by atoms with Gasteiger partial charge in [0.15, 0.2) is 0 Å². The Morgan fingerprint density at radius 1 is 1.56 bits per heavy atom. The molecule has 16 heavy (non-hydrogen) atoms. The van der Waals surface area contributed by atoms with E-state index in [1.165, 1.54) is 0 Å². The second-order valence-corrected chi connectivity index (χ2v) is 3.77. The topological polar surface area (TPSA) is 45.2 Å². The molecule has 2 rings (SSSR count). The van der Waals surface area contributed by atoms with Crippen LogP contribution in [-0.4, -0.2) is 41.5 Å². The van der Waals surface area contributed by atoms with Gasteiger partial charge in [-0.15, -0.1) is 12.4 Å². The zero-order chi connectivity index (χ0) is 10.7. The molecule has 5 heteroatoms. The first-order chi connectivity index (χ1) is 7.29. The van der Waals surface area contributed by atoms with Crippen molar-refractivity contribution < 1.29 is 4.79 Å². The number of aromatic nitrogens is 1. The maximum atomic E-state index is 12.0. The summed E-state index contributed by atoms with van der Waals surface area (Å²) >= 11 is 0. The average Bonchev–Trinajstić information content (AvgIpc) is 2.30. The Morgan fingerprint density at radius 3 is 3.00 bits per heavy atom. The molecule has 0 radical (unpaired) electrons. The van der Waals surface area contributed by atoms with Crippen LogP contribution in [0.25, 0.3) is 0 Å². The molecule has 0 aromatic carbocycles. The predicted molar refractivity (Wildman–Crippen MR) is 64.9 cm³/mol. The minimum Gasteiger partial charge on any atom is -0.332 e. The SMILES string of the molecule is C[C@H]1CNCCN1C(=O)c1ccccn1.Cl. The minimum atomic E-state index is 0. The van der Waals surface area contributed by atoms with Crippen molar-refractivity contribution in [2.45, 2.75) is 13.0 Å². The molecule has 0 saturated carbocycles. The van der Waals surface area contributed by atoms with E-state index in [1.807, 2.05) is 24.0 Å². The van der Waals surface area contributed by atoms with Crippen LogP contribution in [0, 0.1) is 0 Å². The third-order valence-electron chi connectivity index (χ3n) is 2.65. The number of carbonyl (C=O) groups is 1. The largest absolute Gasteiger partial charge is 0.332 e. The van der Waals surface area contributed by atoms with Crippen LogP contribution in [0.2, 0.25) is 0 Å². The van der Waals surface area contributed by atoms with Gasteiger partial charge in [0.05, 0.1) is 0 Å². The lowest BCUT2D eigenvalue weighted by Crippen LogP contribution is -2.52. The molecule has 1 N–H and O–H groups in total. The summed E-state index contributed by atoms with van der Waals surface area (Å²) in [5.74, 6) is 0.0320. The molecule has 1 aromatic rings. The van der Waals surface area contributed by atoms with Crippen molar-refractivity contribution in [3.63, 3.8) is 0 Å². The normalized spacial score (nSPS) is 20.1. The van der Waals surface area contributed by atoms with E-state index in [4.69, 9.17) is 0 Å². The third-order valence-corrected chi connectivity index (χ3v) is 2.65. The van der Waals surface area contributed by atoms with Crippen LogP contribution < -0.4 is 5.32 Å². The van der Waals surface area contributed by atoms with Gasteiger partial charge in [-0.25, -0.2) is 0 Å². The van der Waals surface area contributed by atoms with E-state index in [0.29, 0.717) is 5.69 Å². The van der Waals surface area contributed by atoms with Gasteiger partial charge in [0.1, 0.15) is 5.69 Å². The van der Waals surface area contributed by atoms with Gasteiger partial charge in [-0.2, -0.15) is 0 Å². The number of hydrogen-bond donors (Lipinski definition) is 1. The van der Waals surface area contributed by atoms with Crippen molar-refractivity contribution in [3.8, 4) is 0 Å². The van der Waals surface area contributed by atoms with Crippen LogP contribution in [0.5, 0.6) is 0 Å². The van der Waals surface area contributed by atoms with E-state index < -0.39 is 0 Å². The standard InChI is InChI=1S/C11H15N3O.ClH/c1-9-8-12-6-7-14(9)11(15)10-4-2-3-5-13-10;/h2-5,9,12H,6-8H2,1H3;1H/t9-;/m0./s1. The van der Waals surface area contributed by atoms with Gasteiger partial charge in [-0.05, 0) is 19.1 Å². The molecule has 1 fully saturated rings. The predicted octanol–water partition coefficient (Wildman–Crippen LogP) is 0.937. The molecule has 1 amide bonds. The first-order valence-electron chi connectivity index (χ1n) is 5.22. The first-order valence-corrected chi connectivity index (χ1v) is 5.22. The highest BCUT2D eigenvalue weighted by molar-refractivity contribution is 5.92. The van der Waals surface area contributed by atoms with Crippen LogP contribution in [0.1, 0.15) is 17.4 Å². The molecule has 4 nitrogen and oxygen atoms in total. The fourth-order valence-electron chi connectivity index (χ4n) is 1.78. The second-order valence-electron chi connectivity index (χ2n) is 3.77. The molecular weight excluding hydrogens is 226 g/mol. The van der Waals surface area contributed by atoms with Crippen LogP contribution in [0.15, 0.2) is 24.4 Å². The molecule has 1 saturated heterocycles. The number of amides is 1. The van der Waals surface area contributed by atoms with E-state index in [9.17, 15) is 4.79 Å². The van der Waals surface area contributed by atoms with Crippen molar-refractivity contribution in [1.29, 1.82) is 0 Å². The fourth-order valence-corrected chi connectivity index (χ4v) is 1.78. The Bertz CT molecular complexity index is 344. The highest BCUT2D eigenvalue weighted by Crippen LogP contribution is 2.07. The second kappa shape index (κ2) is 5.82. The number of halogens is 1. The van der Waals surface area contributed by atoms with E-state index >= 15 is 0 Å². The summed E-state index contributed by atoms with van der Waals surface area (Å²) in [6.07, 6.45) is 1.65. The molecule has 0 unspecified atom stereocenters. The van der Waals surface area contributed by atoms with Gasteiger partial charge in [0.25, 0.3) is 5.91 Å². The summed E-state index contributed by atoms with van der Waals surface area (Å²) in [5.41, 5.74) is 0.534. The van der Waals surface area contributed by atoms with Crippen molar-refractivity contribution in [3.05, 3.63) is 30.1 Å². The number of pyridine rings is 1.